The molecule has 0 aliphatic carbocycles. The van der Waals surface area contributed by atoms with Crippen LogP contribution in [0.25, 0.3) is 0 Å². The van der Waals surface area contributed by atoms with Crippen LogP contribution in [0.15, 0.2) is 18.2 Å². The van der Waals surface area contributed by atoms with Crippen molar-refractivity contribution in [2.24, 2.45) is 0 Å². The van der Waals surface area contributed by atoms with E-state index >= 15 is 0 Å². The molecule has 3 nitrogen and oxygen atoms in total. The van der Waals surface area contributed by atoms with Gasteiger partial charge in [0.05, 0.1) is 6.61 Å². The summed E-state index contributed by atoms with van der Waals surface area (Å²) in [5.41, 5.74) is 2.15. The van der Waals surface area contributed by atoms with Crippen LogP contribution < -0.4 is 5.32 Å². The Morgan fingerprint density at radius 2 is 2.17 bits per heavy atom. The third kappa shape index (κ3) is 4.48. The van der Waals surface area contributed by atoms with Gasteiger partial charge in [0.25, 0.3) is 0 Å². The van der Waals surface area contributed by atoms with Crippen LogP contribution in [0.1, 0.15) is 32.3 Å². The molecule has 1 atom stereocenters. The van der Waals surface area contributed by atoms with Crippen molar-refractivity contribution >= 4 is 34.2 Å². The zero-order valence-corrected chi connectivity index (χ0v) is 13.3. The number of halogens is 1. The Labute approximate surface area is 122 Å². The van der Waals surface area contributed by atoms with Crippen molar-refractivity contribution < 1.29 is 9.53 Å². The monoisotopic (exact) mass is 361 g/mol. The van der Waals surface area contributed by atoms with E-state index in [1.165, 1.54) is 0 Å². The minimum atomic E-state index is -0.258. The van der Waals surface area contributed by atoms with E-state index in [4.69, 9.17) is 4.74 Å². The number of esters is 1. The molecule has 0 bridgehead atoms. The average molecular weight is 361 g/mol. The van der Waals surface area contributed by atoms with E-state index < -0.39 is 0 Å². The Bertz CT molecular complexity index is 407. The lowest BCUT2D eigenvalue weighted by Crippen LogP contribution is -2.31. The number of benzene rings is 1. The molecule has 1 N–H and O–H groups in total. The maximum absolute atomic E-state index is 11.8. The smallest absolute Gasteiger partial charge is 0.328 e. The Hall–Kier alpha value is -0.780. The van der Waals surface area contributed by atoms with Gasteiger partial charge in [-0.15, -0.1) is 0 Å². The highest BCUT2D eigenvalue weighted by atomic mass is 127. The van der Waals surface area contributed by atoms with Crippen LogP contribution in [0.3, 0.4) is 0 Å². The maximum atomic E-state index is 11.8. The van der Waals surface area contributed by atoms with E-state index in [0.717, 1.165) is 27.7 Å². The van der Waals surface area contributed by atoms with Gasteiger partial charge < -0.3 is 10.1 Å². The minimum absolute atomic E-state index is 0.169. The number of nitrogens with one attached hydrogen (secondary N) is 1. The second-order valence-corrected chi connectivity index (χ2v) is 5.44. The summed E-state index contributed by atoms with van der Waals surface area (Å²) in [4.78, 5) is 11.8. The molecule has 0 spiro atoms. The molecule has 0 saturated heterocycles. The van der Waals surface area contributed by atoms with E-state index in [0.29, 0.717) is 6.61 Å². The molecule has 100 valence electrons. The van der Waals surface area contributed by atoms with Crippen LogP contribution in [0, 0.1) is 10.5 Å². The average Bonchev–Trinajstić information content (AvgIpc) is 2.33. The molecular formula is C14H20INO2. The SMILES string of the molecule is CCCC(Nc1cc(I)ccc1C)C(=O)OCC. The summed E-state index contributed by atoms with van der Waals surface area (Å²) in [6, 6.07) is 5.91. The summed E-state index contributed by atoms with van der Waals surface area (Å²) in [6.45, 7) is 6.35. The lowest BCUT2D eigenvalue weighted by Gasteiger charge is -2.19. The fraction of sp³-hybridized carbons (Fsp3) is 0.500. The largest absolute Gasteiger partial charge is 0.464 e. The summed E-state index contributed by atoms with van der Waals surface area (Å²) in [5, 5.41) is 3.29. The van der Waals surface area contributed by atoms with Gasteiger partial charge in [0, 0.05) is 9.26 Å². The van der Waals surface area contributed by atoms with Crippen LogP contribution >= 0.6 is 22.6 Å². The molecule has 0 heterocycles. The van der Waals surface area contributed by atoms with Crippen molar-refractivity contribution in [2.45, 2.75) is 39.7 Å². The molecule has 1 aromatic rings. The molecule has 4 heteroatoms. The fourth-order valence-corrected chi connectivity index (χ4v) is 2.21. The van der Waals surface area contributed by atoms with Gasteiger partial charge in [0.1, 0.15) is 6.04 Å². The van der Waals surface area contributed by atoms with E-state index in [2.05, 4.69) is 53.0 Å². The van der Waals surface area contributed by atoms with Crippen molar-refractivity contribution in [3.8, 4) is 0 Å². The van der Waals surface area contributed by atoms with Gasteiger partial charge >= 0.3 is 5.97 Å². The molecule has 1 rings (SSSR count). The maximum Gasteiger partial charge on any atom is 0.328 e. The molecule has 1 aromatic carbocycles. The Morgan fingerprint density at radius 3 is 2.78 bits per heavy atom. The number of carbonyl (C=O) groups excluding carboxylic acids is 1. The lowest BCUT2D eigenvalue weighted by atomic mass is 10.1. The number of hydrogen-bond donors (Lipinski definition) is 1. The molecule has 0 aromatic heterocycles. The van der Waals surface area contributed by atoms with Gasteiger partial charge in [0.15, 0.2) is 0 Å². The summed E-state index contributed by atoms with van der Waals surface area (Å²) in [7, 11) is 0. The van der Waals surface area contributed by atoms with Crippen LogP contribution in [0.5, 0.6) is 0 Å². The summed E-state index contributed by atoms with van der Waals surface area (Å²) in [6.07, 6.45) is 1.73. The van der Waals surface area contributed by atoms with Gasteiger partial charge in [-0.25, -0.2) is 4.79 Å². The summed E-state index contributed by atoms with van der Waals surface area (Å²) >= 11 is 2.27. The summed E-state index contributed by atoms with van der Waals surface area (Å²) in [5.74, 6) is -0.169. The van der Waals surface area contributed by atoms with E-state index in [-0.39, 0.29) is 12.0 Å². The molecule has 0 fully saturated rings. The van der Waals surface area contributed by atoms with Crippen LogP contribution in [-0.4, -0.2) is 18.6 Å². The molecular weight excluding hydrogens is 341 g/mol. The van der Waals surface area contributed by atoms with Crippen LogP contribution in [0.4, 0.5) is 5.69 Å². The second kappa shape index (κ2) is 7.61. The second-order valence-electron chi connectivity index (χ2n) is 4.20. The van der Waals surface area contributed by atoms with Crippen molar-refractivity contribution in [1.82, 2.24) is 0 Å². The molecule has 1 unspecified atom stereocenters. The van der Waals surface area contributed by atoms with E-state index in [1.807, 2.05) is 13.8 Å². The highest BCUT2D eigenvalue weighted by Crippen LogP contribution is 2.20. The Kier molecular flexibility index (Phi) is 6.46. The van der Waals surface area contributed by atoms with Crippen molar-refractivity contribution in [3.05, 3.63) is 27.3 Å². The highest BCUT2D eigenvalue weighted by Gasteiger charge is 2.19. The zero-order valence-electron chi connectivity index (χ0n) is 11.1. The first-order chi connectivity index (χ1) is 8.58. The number of anilines is 1. The molecule has 0 aliphatic heterocycles. The van der Waals surface area contributed by atoms with Crippen LogP contribution in [0.2, 0.25) is 0 Å². The predicted molar refractivity (Wildman–Crippen MR) is 82.8 cm³/mol. The fourth-order valence-electron chi connectivity index (χ4n) is 1.72. The quantitative estimate of drug-likeness (QED) is 0.620. The summed E-state index contributed by atoms with van der Waals surface area (Å²) < 4.78 is 6.25. The number of hydrogen-bond acceptors (Lipinski definition) is 3. The molecule has 18 heavy (non-hydrogen) atoms. The first-order valence-corrected chi connectivity index (χ1v) is 7.35. The van der Waals surface area contributed by atoms with Crippen molar-refractivity contribution in [1.29, 1.82) is 0 Å². The molecule has 0 amide bonds. The first-order valence-electron chi connectivity index (χ1n) is 6.27. The number of ether oxygens (including phenoxy) is 1. The van der Waals surface area contributed by atoms with Gasteiger partial charge in [-0.3, -0.25) is 0 Å². The standard InChI is InChI=1S/C14H20INO2/c1-4-6-12(14(17)18-5-2)16-13-9-11(15)8-7-10(13)3/h7-9,12,16H,4-6H2,1-3H3. The molecule has 0 radical (unpaired) electrons. The van der Waals surface area contributed by atoms with Gasteiger partial charge in [0.2, 0.25) is 0 Å². The van der Waals surface area contributed by atoms with E-state index in [1.54, 1.807) is 0 Å². The molecule has 0 saturated carbocycles. The predicted octanol–water partition coefficient (Wildman–Crippen LogP) is 3.74. The number of carbonyl (C=O) groups is 1. The lowest BCUT2D eigenvalue weighted by molar-refractivity contribution is -0.144. The number of rotatable bonds is 6. The van der Waals surface area contributed by atoms with Gasteiger partial charge in [-0.1, -0.05) is 19.4 Å². The molecule has 0 aliphatic rings. The van der Waals surface area contributed by atoms with E-state index in [9.17, 15) is 4.79 Å². The minimum Gasteiger partial charge on any atom is -0.464 e. The van der Waals surface area contributed by atoms with Crippen molar-refractivity contribution in [2.75, 3.05) is 11.9 Å². The first kappa shape index (κ1) is 15.3. The topological polar surface area (TPSA) is 38.3 Å². The van der Waals surface area contributed by atoms with Crippen LogP contribution in [-0.2, 0) is 9.53 Å². The zero-order chi connectivity index (χ0) is 13.5. The number of aryl methyl sites for hydroxylation is 1. The highest BCUT2D eigenvalue weighted by molar-refractivity contribution is 14.1. The van der Waals surface area contributed by atoms with Gasteiger partial charge in [-0.05, 0) is 60.6 Å². The van der Waals surface area contributed by atoms with Gasteiger partial charge in [-0.2, -0.15) is 0 Å². The third-order valence-corrected chi connectivity index (χ3v) is 3.35. The third-order valence-electron chi connectivity index (χ3n) is 2.68. The Balaban J connectivity index is 2.82. The Morgan fingerprint density at radius 1 is 1.44 bits per heavy atom. The normalized spacial score (nSPS) is 12.0. The van der Waals surface area contributed by atoms with Crippen molar-refractivity contribution in [3.63, 3.8) is 0 Å².